The Kier molecular flexibility index (Phi) is 23.9. The molecule has 5 rings (SSSR count). The molecule has 0 aliphatic carbocycles. The second-order valence-electron chi connectivity index (χ2n) is 18.3. The van der Waals surface area contributed by atoms with E-state index < -0.39 is 0 Å². The molecule has 1 aromatic carbocycles. The number of nitrogens with zero attached hydrogens (tertiary/aromatic N) is 2. The van der Waals surface area contributed by atoms with Gasteiger partial charge in [-0.15, -0.1) is 22.7 Å². The van der Waals surface area contributed by atoms with Gasteiger partial charge < -0.3 is 4.42 Å². The first-order valence-corrected chi connectivity index (χ1v) is 23.4. The van der Waals surface area contributed by atoms with Gasteiger partial charge in [-0.1, -0.05) is 169 Å². The number of furan rings is 1. The largest absolute Gasteiger partial charge is 0.466 e. The van der Waals surface area contributed by atoms with E-state index in [4.69, 9.17) is 4.42 Å². The maximum Gasteiger partial charge on any atom is 0.106 e. The molecule has 57 heavy (non-hydrogen) atoms. The zero-order chi connectivity index (χ0) is 43.6. The molecule has 0 aliphatic rings. The molecule has 0 fully saturated rings. The van der Waals surface area contributed by atoms with E-state index in [1.54, 1.807) is 0 Å². The molecule has 0 N–H and O–H groups in total. The summed E-state index contributed by atoms with van der Waals surface area (Å²) in [4.78, 5) is 13.2. The van der Waals surface area contributed by atoms with Crippen molar-refractivity contribution in [3.8, 4) is 0 Å². The molecule has 0 unspecified atom stereocenters. The lowest BCUT2D eigenvalue weighted by atomic mass is 9.97. The van der Waals surface area contributed by atoms with Crippen LogP contribution in [0.5, 0.6) is 0 Å². The first-order valence-electron chi connectivity index (χ1n) is 21.8. The summed E-state index contributed by atoms with van der Waals surface area (Å²) >= 11 is 3.79. The molecule has 0 aliphatic heterocycles. The minimum Gasteiger partial charge on any atom is -0.466 e. The van der Waals surface area contributed by atoms with Crippen LogP contribution in [0.2, 0.25) is 0 Å². The van der Waals surface area contributed by atoms with Gasteiger partial charge in [0.1, 0.15) is 11.5 Å². The van der Waals surface area contributed by atoms with E-state index in [-0.39, 0.29) is 0 Å². The van der Waals surface area contributed by atoms with Crippen LogP contribution in [0.15, 0.2) is 77.5 Å². The van der Waals surface area contributed by atoms with E-state index >= 15 is 0 Å². The fraction of sp³-hybridized carbons (Fsp3) is 0.577. The van der Waals surface area contributed by atoms with Gasteiger partial charge >= 0.3 is 0 Å². The summed E-state index contributed by atoms with van der Waals surface area (Å²) in [5.74, 6) is 8.17. The number of benzene rings is 1. The topological polar surface area (TPSA) is 38.9 Å². The highest BCUT2D eigenvalue weighted by Crippen LogP contribution is 2.29. The third-order valence-corrected chi connectivity index (χ3v) is 12.8. The van der Waals surface area contributed by atoms with Crippen LogP contribution in [0.25, 0.3) is 0 Å². The summed E-state index contributed by atoms with van der Waals surface area (Å²) in [5, 5.41) is 1.26. The first-order chi connectivity index (χ1) is 26.5. The van der Waals surface area contributed by atoms with Crippen molar-refractivity contribution in [2.45, 2.75) is 198 Å². The van der Waals surface area contributed by atoms with Crippen molar-refractivity contribution in [1.29, 1.82) is 0 Å². The minimum atomic E-state index is 0.502. The number of hydrogen-bond donors (Lipinski definition) is 0. The second-order valence-corrected chi connectivity index (χ2v) is 20.6. The van der Waals surface area contributed by atoms with Gasteiger partial charge in [0.2, 0.25) is 0 Å². The zero-order valence-electron chi connectivity index (χ0n) is 39.8. The fourth-order valence-electron chi connectivity index (χ4n) is 5.18. The van der Waals surface area contributed by atoms with Crippen molar-refractivity contribution in [3.05, 3.63) is 127 Å². The smallest absolute Gasteiger partial charge is 0.106 e. The third kappa shape index (κ3) is 19.5. The summed E-state index contributed by atoms with van der Waals surface area (Å²) in [6, 6.07) is 21.9. The van der Waals surface area contributed by atoms with Gasteiger partial charge in [0.15, 0.2) is 0 Å². The molecule has 5 heteroatoms. The Labute approximate surface area is 359 Å². The van der Waals surface area contributed by atoms with Crippen molar-refractivity contribution in [2.24, 2.45) is 0 Å². The van der Waals surface area contributed by atoms with E-state index in [9.17, 15) is 0 Å². The molecule has 0 radical (unpaired) electrons. The highest BCUT2D eigenvalue weighted by molar-refractivity contribution is 7.12. The quantitative estimate of drug-likeness (QED) is 0.141. The van der Waals surface area contributed by atoms with Gasteiger partial charge in [0.25, 0.3) is 0 Å². The molecule has 318 valence electrons. The molecule has 0 saturated heterocycles. The number of thiazole rings is 1. The van der Waals surface area contributed by atoms with E-state index in [0.717, 1.165) is 11.5 Å². The summed E-state index contributed by atoms with van der Waals surface area (Å²) < 4.78 is 5.61. The molecular formula is C52H82N2OS2. The van der Waals surface area contributed by atoms with E-state index in [0.29, 0.717) is 59.2 Å². The molecule has 0 atom stereocenters. The Morgan fingerprint density at radius 2 is 0.737 bits per heavy atom. The normalized spacial score (nSPS) is 11.3. The predicted octanol–water partition coefficient (Wildman–Crippen LogP) is 18.2. The van der Waals surface area contributed by atoms with Crippen molar-refractivity contribution in [3.63, 3.8) is 0 Å². The van der Waals surface area contributed by atoms with Gasteiger partial charge in [-0.05, 0) is 88.4 Å². The van der Waals surface area contributed by atoms with Gasteiger partial charge in [-0.2, -0.15) is 0 Å². The molecule has 0 saturated carbocycles. The molecule has 4 heterocycles. The van der Waals surface area contributed by atoms with Gasteiger partial charge in [0, 0.05) is 50.5 Å². The monoisotopic (exact) mass is 815 g/mol. The Morgan fingerprint density at radius 3 is 0.965 bits per heavy atom. The summed E-state index contributed by atoms with van der Waals surface area (Å²) in [5.41, 5.74) is 5.36. The Bertz CT molecular complexity index is 1450. The summed E-state index contributed by atoms with van der Waals surface area (Å²) in [6.07, 6.45) is 3.99. The highest BCUT2D eigenvalue weighted by atomic mass is 32.1. The molecule has 0 amide bonds. The first kappa shape index (κ1) is 52.0. The van der Waals surface area contributed by atoms with Crippen LogP contribution in [0.1, 0.15) is 251 Å². The lowest BCUT2D eigenvalue weighted by Gasteiger charge is -2.08. The van der Waals surface area contributed by atoms with Gasteiger partial charge in [0.05, 0.1) is 5.01 Å². The Hall–Kier alpha value is -3.02. The predicted molar refractivity (Wildman–Crippen MR) is 257 cm³/mol. The standard InChI is InChI=1S/C12H18.C11H17N.C10H16O.C10H16S.C9H15NS/c1-9(2)11-5-7-12(8-6-11)10(3)4;1-8(2)10-5-6-11(9(3)4)12-7-10;2*1-7(2)9-5-6-10(11-9)8(3)4;1-6(2)8-5-10-9(11-8)7(3)4/h5-10H,1-4H3;5-9H,1-4H3;2*5-8H,1-4H3;5-7H,1-4H3. The number of pyridine rings is 1. The lowest BCUT2D eigenvalue weighted by Crippen LogP contribution is -1.94. The molecule has 3 nitrogen and oxygen atoms in total. The molecule has 5 aromatic rings. The van der Waals surface area contributed by atoms with Crippen LogP contribution in [-0.2, 0) is 0 Å². The fourth-order valence-corrected chi connectivity index (χ4v) is 7.12. The minimum absolute atomic E-state index is 0.502. The molecule has 4 aromatic heterocycles. The number of thiophene rings is 1. The van der Waals surface area contributed by atoms with Crippen LogP contribution >= 0.6 is 22.7 Å². The van der Waals surface area contributed by atoms with Crippen molar-refractivity contribution in [2.75, 3.05) is 0 Å². The van der Waals surface area contributed by atoms with Crippen LogP contribution in [0, 0.1) is 0 Å². The third-order valence-electron chi connectivity index (χ3n) is 9.51. The van der Waals surface area contributed by atoms with Gasteiger partial charge in [-0.3, -0.25) is 4.98 Å². The number of aromatic nitrogens is 2. The van der Waals surface area contributed by atoms with E-state index in [2.05, 4.69) is 209 Å². The summed E-state index contributed by atoms with van der Waals surface area (Å²) in [6.45, 7) is 43.9. The number of rotatable bonds is 10. The molecular weight excluding hydrogens is 733 g/mol. The molecule has 0 spiro atoms. The highest BCUT2D eigenvalue weighted by Gasteiger charge is 2.09. The van der Waals surface area contributed by atoms with Crippen LogP contribution in [0.4, 0.5) is 0 Å². The van der Waals surface area contributed by atoms with Gasteiger partial charge in [-0.25, -0.2) is 4.98 Å². The van der Waals surface area contributed by atoms with E-state index in [1.165, 1.54) is 42.0 Å². The Balaban J connectivity index is 0.000000356. The van der Waals surface area contributed by atoms with Crippen molar-refractivity contribution in [1.82, 2.24) is 9.97 Å². The van der Waals surface area contributed by atoms with Crippen LogP contribution in [0.3, 0.4) is 0 Å². The number of hydrogen-bond acceptors (Lipinski definition) is 5. The van der Waals surface area contributed by atoms with Crippen LogP contribution < -0.4 is 0 Å². The summed E-state index contributed by atoms with van der Waals surface area (Å²) in [7, 11) is 0. The van der Waals surface area contributed by atoms with E-state index in [1.807, 2.05) is 35.1 Å². The zero-order valence-corrected chi connectivity index (χ0v) is 41.5. The Morgan fingerprint density at radius 1 is 0.333 bits per heavy atom. The maximum atomic E-state index is 5.61. The second kappa shape index (κ2) is 26.2. The lowest BCUT2D eigenvalue weighted by molar-refractivity contribution is 0.432. The van der Waals surface area contributed by atoms with Crippen molar-refractivity contribution >= 4 is 22.7 Å². The SMILES string of the molecule is CC(C)c1ccc(C(C)C)cc1.CC(C)c1ccc(C(C)C)nc1.CC(C)c1ccc(C(C)C)o1.CC(C)c1ccc(C(C)C)s1.CC(C)c1cnc(C(C)C)s1. The maximum absolute atomic E-state index is 5.61. The molecule has 0 bridgehead atoms. The average Bonchev–Trinajstić information content (AvgIpc) is 3.95. The average molecular weight is 815 g/mol. The van der Waals surface area contributed by atoms with Crippen molar-refractivity contribution < 1.29 is 4.42 Å². The van der Waals surface area contributed by atoms with Crippen LogP contribution in [-0.4, -0.2) is 9.97 Å².